The molecule has 0 spiro atoms. The zero-order valence-electron chi connectivity index (χ0n) is 23.7. The van der Waals surface area contributed by atoms with Gasteiger partial charge in [-0.05, 0) is 61.9 Å². The van der Waals surface area contributed by atoms with Crippen LogP contribution in [0, 0.1) is 0 Å². The highest BCUT2D eigenvalue weighted by Gasteiger charge is 2.31. The van der Waals surface area contributed by atoms with E-state index in [1.807, 2.05) is 13.8 Å². The van der Waals surface area contributed by atoms with Crippen LogP contribution in [0.3, 0.4) is 0 Å². The number of halogens is 1. The Kier molecular flexibility index (Phi) is 8.84. The molecule has 2 aromatic heterocycles. The molecule has 43 heavy (non-hydrogen) atoms. The third-order valence-corrected chi connectivity index (χ3v) is 7.89. The van der Waals surface area contributed by atoms with Crippen molar-refractivity contribution in [1.82, 2.24) is 4.57 Å². The van der Waals surface area contributed by atoms with Crippen LogP contribution in [-0.4, -0.2) is 43.9 Å². The van der Waals surface area contributed by atoms with Gasteiger partial charge < -0.3 is 23.4 Å². The standard InChI is InChI=1S/C31H27ClN2O8S/c1-5-40-24-11-8-18(14-25(24)41-6-2)27-21(30(37)39-4)16-33-31-34(27)28(35)26(43-31)15-19-9-12-23(42-19)17-7-10-22(32)20(13-17)29(36)38-3/h7-16,27H,5-6H2,1-4H3/b26-15+/t27-/m0/s1. The summed E-state index contributed by atoms with van der Waals surface area (Å²) in [5.41, 5.74) is 1.26. The number of methoxy groups -OCH3 is 2. The fourth-order valence-corrected chi connectivity index (χ4v) is 5.79. The summed E-state index contributed by atoms with van der Waals surface area (Å²) in [5, 5.41) is 0.255. The van der Waals surface area contributed by atoms with Crippen LogP contribution in [0.25, 0.3) is 17.4 Å². The first-order chi connectivity index (χ1) is 20.8. The summed E-state index contributed by atoms with van der Waals surface area (Å²) in [7, 11) is 2.55. The Balaban J connectivity index is 1.58. The molecule has 0 amide bonds. The SMILES string of the molecule is CCOc1ccc([C@H]2C(C(=O)OC)=CN=c3s/c(=C/c4ccc(-c5ccc(Cl)c(C(=O)OC)c5)o4)c(=O)n32)cc1OCC. The second kappa shape index (κ2) is 12.7. The fourth-order valence-electron chi connectivity index (χ4n) is 4.65. The highest BCUT2D eigenvalue weighted by Crippen LogP contribution is 2.35. The molecule has 0 aliphatic carbocycles. The van der Waals surface area contributed by atoms with Gasteiger partial charge in [0.2, 0.25) is 0 Å². The smallest absolute Gasteiger partial charge is 0.339 e. The van der Waals surface area contributed by atoms with E-state index in [0.29, 0.717) is 56.7 Å². The van der Waals surface area contributed by atoms with Crippen molar-refractivity contribution >= 4 is 41.0 Å². The molecule has 0 unspecified atom stereocenters. The Morgan fingerprint density at radius 3 is 2.47 bits per heavy atom. The maximum absolute atomic E-state index is 13.8. The summed E-state index contributed by atoms with van der Waals surface area (Å²) >= 11 is 7.31. The van der Waals surface area contributed by atoms with Crippen molar-refractivity contribution in [3.05, 3.63) is 102 Å². The van der Waals surface area contributed by atoms with Crippen LogP contribution in [0.4, 0.5) is 0 Å². The summed E-state index contributed by atoms with van der Waals surface area (Å²) in [6.45, 7) is 4.57. The van der Waals surface area contributed by atoms with Crippen molar-refractivity contribution in [2.45, 2.75) is 19.9 Å². The maximum atomic E-state index is 13.8. The summed E-state index contributed by atoms with van der Waals surface area (Å²) < 4.78 is 29.1. The minimum absolute atomic E-state index is 0.192. The number of fused-ring (bicyclic) bond motifs is 1. The first-order valence-corrected chi connectivity index (χ1v) is 14.5. The van der Waals surface area contributed by atoms with E-state index in [1.165, 1.54) is 25.0 Å². The molecule has 12 heteroatoms. The van der Waals surface area contributed by atoms with Gasteiger partial charge in [-0.15, -0.1) is 0 Å². The number of nitrogens with zero attached hydrogens (tertiary/aromatic N) is 2. The first-order valence-electron chi connectivity index (χ1n) is 13.3. The van der Waals surface area contributed by atoms with Crippen LogP contribution in [0.15, 0.2) is 74.5 Å². The molecule has 1 atom stereocenters. The lowest BCUT2D eigenvalue weighted by Gasteiger charge is -2.23. The molecule has 1 aliphatic rings. The molecule has 1 aliphatic heterocycles. The molecule has 0 radical (unpaired) electrons. The molecule has 0 saturated carbocycles. The predicted octanol–water partition coefficient (Wildman–Crippen LogP) is 4.52. The van der Waals surface area contributed by atoms with Gasteiger partial charge in [0.05, 0.1) is 54.2 Å². The molecule has 4 aromatic rings. The number of hydrogen-bond acceptors (Lipinski definition) is 10. The Labute approximate surface area is 255 Å². The number of aromatic nitrogens is 1. The number of benzene rings is 2. The van der Waals surface area contributed by atoms with Crippen molar-refractivity contribution in [1.29, 1.82) is 0 Å². The number of furan rings is 1. The molecule has 2 aromatic carbocycles. The normalized spacial score (nSPS) is 14.4. The summed E-state index contributed by atoms with van der Waals surface area (Å²) in [6.07, 6.45) is 3.03. The van der Waals surface area contributed by atoms with Gasteiger partial charge in [-0.2, -0.15) is 0 Å². The number of thiazole rings is 1. The highest BCUT2D eigenvalue weighted by atomic mass is 35.5. The zero-order chi connectivity index (χ0) is 30.7. The van der Waals surface area contributed by atoms with Crippen LogP contribution in [0.1, 0.15) is 41.6 Å². The number of ether oxygens (including phenoxy) is 4. The Bertz CT molecular complexity index is 1920. The van der Waals surface area contributed by atoms with E-state index in [1.54, 1.807) is 54.6 Å². The summed E-state index contributed by atoms with van der Waals surface area (Å²) in [4.78, 5) is 43.5. The molecular formula is C31H27ClN2O8S. The molecule has 3 heterocycles. The predicted molar refractivity (Wildman–Crippen MR) is 160 cm³/mol. The van der Waals surface area contributed by atoms with Gasteiger partial charge in [0.1, 0.15) is 11.5 Å². The van der Waals surface area contributed by atoms with E-state index in [0.717, 1.165) is 11.3 Å². The van der Waals surface area contributed by atoms with Crippen molar-refractivity contribution in [3.63, 3.8) is 0 Å². The average molecular weight is 623 g/mol. The number of esters is 2. The molecule has 222 valence electrons. The van der Waals surface area contributed by atoms with Crippen LogP contribution in [0.5, 0.6) is 11.5 Å². The Hall–Kier alpha value is -4.61. The molecule has 0 N–H and O–H groups in total. The van der Waals surface area contributed by atoms with E-state index in [2.05, 4.69) is 4.99 Å². The van der Waals surface area contributed by atoms with Gasteiger partial charge in [-0.3, -0.25) is 9.36 Å². The minimum Gasteiger partial charge on any atom is -0.490 e. The lowest BCUT2D eigenvalue weighted by molar-refractivity contribution is -0.136. The van der Waals surface area contributed by atoms with Crippen LogP contribution >= 0.6 is 22.9 Å². The summed E-state index contributed by atoms with van der Waals surface area (Å²) in [6, 6.07) is 12.8. The van der Waals surface area contributed by atoms with Gasteiger partial charge in [0, 0.05) is 17.8 Å². The fraction of sp³-hybridized carbons (Fsp3) is 0.226. The molecule has 0 bridgehead atoms. The van der Waals surface area contributed by atoms with Crippen LogP contribution in [0.2, 0.25) is 5.02 Å². The van der Waals surface area contributed by atoms with E-state index >= 15 is 0 Å². The number of rotatable bonds is 9. The second-order valence-corrected chi connectivity index (χ2v) is 10.6. The highest BCUT2D eigenvalue weighted by molar-refractivity contribution is 7.07. The van der Waals surface area contributed by atoms with Crippen molar-refractivity contribution < 1.29 is 33.0 Å². The van der Waals surface area contributed by atoms with Crippen molar-refractivity contribution in [2.24, 2.45) is 4.99 Å². The summed E-state index contributed by atoms with van der Waals surface area (Å²) in [5.74, 6) is 0.729. The number of carbonyl (C=O) groups is 2. The Morgan fingerprint density at radius 2 is 1.74 bits per heavy atom. The van der Waals surface area contributed by atoms with Gasteiger partial charge in [-0.1, -0.05) is 29.0 Å². The first kappa shape index (κ1) is 29.9. The van der Waals surface area contributed by atoms with Crippen LogP contribution < -0.4 is 24.4 Å². The lowest BCUT2D eigenvalue weighted by atomic mass is 9.97. The van der Waals surface area contributed by atoms with E-state index in [9.17, 15) is 14.4 Å². The second-order valence-electron chi connectivity index (χ2n) is 9.14. The largest absolute Gasteiger partial charge is 0.490 e. The maximum Gasteiger partial charge on any atom is 0.339 e. The van der Waals surface area contributed by atoms with Crippen LogP contribution in [-0.2, 0) is 14.3 Å². The van der Waals surface area contributed by atoms with E-state index in [-0.39, 0.29) is 21.7 Å². The van der Waals surface area contributed by atoms with Gasteiger partial charge in [-0.25, -0.2) is 14.6 Å². The molecule has 10 nitrogen and oxygen atoms in total. The topological polar surface area (TPSA) is 119 Å². The molecule has 0 saturated heterocycles. The number of hydrogen-bond donors (Lipinski definition) is 0. The van der Waals surface area contributed by atoms with Gasteiger partial charge >= 0.3 is 11.9 Å². The third kappa shape index (κ3) is 5.86. The average Bonchev–Trinajstić information content (AvgIpc) is 3.61. The van der Waals surface area contributed by atoms with Gasteiger partial charge in [0.25, 0.3) is 5.56 Å². The quantitative estimate of drug-likeness (QED) is 0.250. The zero-order valence-corrected chi connectivity index (χ0v) is 25.3. The monoisotopic (exact) mass is 622 g/mol. The number of carbonyl (C=O) groups excluding carboxylic acids is 2. The minimum atomic E-state index is -0.821. The van der Waals surface area contributed by atoms with Crippen molar-refractivity contribution in [3.8, 4) is 22.8 Å². The Morgan fingerprint density at radius 1 is 1.00 bits per heavy atom. The molecule has 5 rings (SSSR count). The molecular weight excluding hydrogens is 596 g/mol. The van der Waals surface area contributed by atoms with E-state index in [4.69, 9.17) is 35.0 Å². The van der Waals surface area contributed by atoms with Gasteiger partial charge in [0.15, 0.2) is 16.3 Å². The lowest BCUT2D eigenvalue weighted by Crippen LogP contribution is -2.39. The van der Waals surface area contributed by atoms with Crippen molar-refractivity contribution in [2.75, 3.05) is 27.4 Å². The molecule has 0 fully saturated rings. The van der Waals surface area contributed by atoms with E-state index < -0.39 is 18.0 Å². The third-order valence-electron chi connectivity index (χ3n) is 6.56.